The van der Waals surface area contributed by atoms with Gasteiger partial charge in [-0.25, -0.2) is 4.79 Å². The van der Waals surface area contributed by atoms with Crippen LogP contribution in [-0.4, -0.2) is 59.6 Å². The van der Waals surface area contributed by atoms with Gasteiger partial charge in [0.1, 0.15) is 11.6 Å². The van der Waals surface area contributed by atoms with E-state index in [1.165, 1.54) is 16.3 Å². The second kappa shape index (κ2) is 12.8. The molecule has 0 N–H and O–H groups in total. The molecule has 1 spiro atoms. The van der Waals surface area contributed by atoms with Crippen LogP contribution in [0.3, 0.4) is 0 Å². The van der Waals surface area contributed by atoms with Gasteiger partial charge in [-0.1, -0.05) is 80.4 Å². The Morgan fingerprint density at radius 1 is 0.949 bits per heavy atom. The lowest BCUT2D eigenvalue weighted by Crippen LogP contribution is -2.57. The number of amides is 1. The lowest BCUT2D eigenvalue weighted by Gasteiger charge is -2.43. The van der Waals surface area contributed by atoms with E-state index in [0.29, 0.717) is 19.7 Å². The lowest BCUT2D eigenvalue weighted by molar-refractivity contribution is -0.154. The fourth-order valence-electron chi connectivity index (χ4n) is 6.18. The molecule has 1 amide bonds. The number of carbonyl (C=O) groups excluding carboxylic acids is 2. The van der Waals surface area contributed by atoms with E-state index in [9.17, 15) is 9.59 Å². The van der Waals surface area contributed by atoms with E-state index in [1.54, 1.807) is 4.90 Å². The molecule has 0 aliphatic carbocycles. The van der Waals surface area contributed by atoms with Gasteiger partial charge in [-0.05, 0) is 54.7 Å². The topological polar surface area (TPSA) is 53.1 Å². The fraction of sp³-hybridized carbons (Fsp3) is 0.438. The number of hydrogen-bond acceptors (Lipinski definition) is 5. The van der Waals surface area contributed by atoms with Crippen molar-refractivity contribution in [2.24, 2.45) is 0 Å². The zero-order chi connectivity index (χ0) is 26.5. The summed E-state index contributed by atoms with van der Waals surface area (Å²) in [6.07, 6.45) is 3.93. The monoisotopic (exact) mass is 549 g/mol. The number of benzene rings is 3. The van der Waals surface area contributed by atoms with E-state index in [0.717, 1.165) is 51.0 Å². The van der Waals surface area contributed by atoms with Gasteiger partial charge in [0.05, 0.1) is 13.3 Å². The molecular formula is C32H40ClN3O3. The highest BCUT2D eigenvalue weighted by Gasteiger charge is 2.56. The van der Waals surface area contributed by atoms with Crippen molar-refractivity contribution >= 4 is 40.7 Å². The summed E-state index contributed by atoms with van der Waals surface area (Å²) >= 11 is 0. The van der Waals surface area contributed by atoms with Gasteiger partial charge in [-0.15, -0.1) is 12.4 Å². The Morgan fingerprint density at radius 3 is 2.36 bits per heavy atom. The summed E-state index contributed by atoms with van der Waals surface area (Å²) < 4.78 is 5.44. The Hall–Kier alpha value is -3.09. The van der Waals surface area contributed by atoms with Crippen LogP contribution < -0.4 is 4.90 Å². The molecule has 2 aliphatic heterocycles. The van der Waals surface area contributed by atoms with Crippen LogP contribution in [0.15, 0.2) is 72.8 Å². The first kappa shape index (κ1) is 28.9. The minimum Gasteiger partial charge on any atom is -0.464 e. The van der Waals surface area contributed by atoms with Crippen LogP contribution >= 0.6 is 12.4 Å². The average molecular weight is 550 g/mol. The molecular weight excluding hydrogens is 510 g/mol. The number of rotatable bonds is 9. The fourth-order valence-corrected chi connectivity index (χ4v) is 6.18. The number of piperidine rings is 1. The van der Waals surface area contributed by atoms with Gasteiger partial charge in [0.2, 0.25) is 0 Å². The number of esters is 1. The van der Waals surface area contributed by atoms with Crippen molar-refractivity contribution in [3.63, 3.8) is 0 Å². The minimum atomic E-state index is -0.645. The molecule has 2 heterocycles. The second-order valence-corrected chi connectivity index (χ2v) is 10.5. The molecule has 3 aromatic rings. The quantitative estimate of drug-likeness (QED) is 0.305. The number of nitrogens with zero attached hydrogens (tertiary/aromatic N) is 3. The maximum Gasteiger partial charge on any atom is 0.328 e. The zero-order valence-corrected chi connectivity index (χ0v) is 23.9. The molecule has 1 unspecified atom stereocenters. The molecule has 7 heteroatoms. The Bertz CT molecular complexity index is 1250. The largest absolute Gasteiger partial charge is 0.464 e. The standard InChI is InChI=1S/C32H39N3O3.ClH/c1-3-5-18-29(30(36)38-4-2)34-24-35(27-15-7-6-8-16-27)32(31(34)37)19-21-33(22-20-32)23-26-14-11-13-25-12-9-10-17-28(25)26;/h6-17,29H,3-5,18-24H2,1-2H3;1H. The molecule has 0 saturated carbocycles. The van der Waals surface area contributed by atoms with Gasteiger partial charge in [-0.2, -0.15) is 0 Å². The van der Waals surface area contributed by atoms with E-state index < -0.39 is 11.6 Å². The summed E-state index contributed by atoms with van der Waals surface area (Å²) in [5.74, 6) is -0.215. The maximum atomic E-state index is 14.3. The molecule has 208 valence electrons. The first-order chi connectivity index (χ1) is 18.6. The van der Waals surface area contributed by atoms with Crippen LogP contribution in [0, 0.1) is 0 Å². The molecule has 2 saturated heterocycles. The average Bonchev–Trinajstić information content (AvgIpc) is 3.22. The van der Waals surface area contributed by atoms with E-state index in [1.807, 2.05) is 25.1 Å². The number of ether oxygens (including phenoxy) is 1. The van der Waals surface area contributed by atoms with Crippen molar-refractivity contribution in [2.45, 2.75) is 64.1 Å². The van der Waals surface area contributed by atoms with Gasteiger partial charge >= 0.3 is 5.97 Å². The molecule has 0 aromatic heterocycles. The summed E-state index contributed by atoms with van der Waals surface area (Å²) in [5.41, 5.74) is 1.71. The number of unbranched alkanes of at least 4 members (excludes halogenated alkanes) is 1. The van der Waals surface area contributed by atoms with Crippen LogP contribution in [0.2, 0.25) is 0 Å². The van der Waals surface area contributed by atoms with Gasteiger partial charge in [0.15, 0.2) is 0 Å². The van der Waals surface area contributed by atoms with E-state index >= 15 is 0 Å². The van der Waals surface area contributed by atoms with Crippen LogP contribution in [-0.2, 0) is 20.9 Å². The Balaban J connectivity index is 0.00000353. The highest BCUT2D eigenvalue weighted by atomic mass is 35.5. The third kappa shape index (κ3) is 5.78. The van der Waals surface area contributed by atoms with Crippen molar-refractivity contribution in [1.29, 1.82) is 0 Å². The van der Waals surface area contributed by atoms with Gasteiger partial charge in [0, 0.05) is 25.3 Å². The third-order valence-corrected chi connectivity index (χ3v) is 8.26. The smallest absolute Gasteiger partial charge is 0.328 e. The second-order valence-electron chi connectivity index (χ2n) is 10.5. The molecule has 2 aliphatic rings. The van der Waals surface area contributed by atoms with Gasteiger partial charge < -0.3 is 14.5 Å². The van der Waals surface area contributed by atoms with E-state index in [2.05, 4.69) is 71.3 Å². The highest BCUT2D eigenvalue weighted by Crippen LogP contribution is 2.41. The Labute approximate surface area is 238 Å². The number of para-hydroxylation sites is 1. The van der Waals surface area contributed by atoms with Crippen LogP contribution in [0.25, 0.3) is 10.8 Å². The molecule has 1 atom stereocenters. The third-order valence-electron chi connectivity index (χ3n) is 8.26. The SMILES string of the molecule is CCCCC(C(=O)OCC)N1CN(c2ccccc2)C2(CCN(Cc3cccc4ccccc34)CC2)C1=O.Cl. The number of likely N-dealkylation sites (tertiary alicyclic amines) is 1. The van der Waals surface area contributed by atoms with Crippen LogP contribution in [0.1, 0.15) is 51.5 Å². The number of anilines is 1. The summed E-state index contributed by atoms with van der Waals surface area (Å²) in [6.45, 7) is 7.18. The number of hydrogen-bond donors (Lipinski definition) is 0. The van der Waals surface area contributed by atoms with Crippen molar-refractivity contribution in [1.82, 2.24) is 9.80 Å². The van der Waals surface area contributed by atoms with E-state index in [-0.39, 0.29) is 24.3 Å². The van der Waals surface area contributed by atoms with Gasteiger partial charge in [-0.3, -0.25) is 9.69 Å². The molecule has 3 aromatic carbocycles. The highest BCUT2D eigenvalue weighted by molar-refractivity contribution is 5.96. The summed E-state index contributed by atoms with van der Waals surface area (Å²) in [5, 5.41) is 2.55. The molecule has 39 heavy (non-hydrogen) atoms. The number of carbonyl (C=O) groups is 2. The zero-order valence-electron chi connectivity index (χ0n) is 23.1. The number of halogens is 1. The van der Waals surface area contributed by atoms with Crippen LogP contribution in [0.5, 0.6) is 0 Å². The predicted molar refractivity (Wildman–Crippen MR) is 159 cm³/mol. The predicted octanol–water partition coefficient (Wildman–Crippen LogP) is 6.02. The van der Waals surface area contributed by atoms with Crippen molar-refractivity contribution in [2.75, 3.05) is 31.3 Å². The molecule has 6 nitrogen and oxygen atoms in total. The first-order valence-corrected chi connectivity index (χ1v) is 14.1. The van der Waals surface area contributed by atoms with Gasteiger partial charge in [0.25, 0.3) is 5.91 Å². The maximum absolute atomic E-state index is 14.3. The minimum absolute atomic E-state index is 0. The summed E-state index contributed by atoms with van der Waals surface area (Å²) in [7, 11) is 0. The van der Waals surface area contributed by atoms with Crippen molar-refractivity contribution < 1.29 is 14.3 Å². The Morgan fingerprint density at radius 2 is 1.64 bits per heavy atom. The molecule has 0 radical (unpaired) electrons. The molecule has 5 rings (SSSR count). The van der Waals surface area contributed by atoms with Crippen molar-refractivity contribution in [3.05, 3.63) is 78.4 Å². The van der Waals surface area contributed by atoms with Crippen molar-refractivity contribution in [3.8, 4) is 0 Å². The molecule has 0 bridgehead atoms. The summed E-state index contributed by atoms with van der Waals surface area (Å²) in [4.78, 5) is 33.8. The number of fused-ring (bicyclic) bond motifs is 1. The first-order valence-electron chi connectivity index (χ1n) is 14.1. The van der Waals surface area contributed by atoms with Crippen LogP contribution in [0.4, 0.5) is 5.69 Å². The van der Waals surface area contributed by atoms with E-state index in [4.69, 9.17) is 4.74 Å². The normalized spacial score (nSPS) is 17.8. The summed E-state index contributed by atoms with van der Waals surface area (Å²) in [6, 6.07) is 24.7. The molecule has 2 fully saturated rings. The Kier molecular flexibility index (Phi) is 9.52. The lowest BCUT2D eigenvalue weighted by atomic mass is 9.85.